The lowest BCUT2D eigenvalue weighted by molar-refractivity contribution is 0.145. The molecule has 6 aromatic rings. The largest absolute Gasteiger partial charge is 0.310 e. The van der Waals surface area contributed by atoms with Crippen LogP contribution in [0.1, 0.15) is 112 Å². The Labute approximate surface area is 310 Å². The van der Waals surface area contributed by atoms with E-state index in [2.05, 4.69) is 146 Å². The Hall–Kier alpha value is -4.62. The van der Waals surface area contributed by atoms with Crippen LogP contribution >= 0.6 is 0 Å². The molecule has 1 unspecified atom stereocenters. The summed E-state index contributed by atoms with van der Waals surface area (Å²) in [5.41, 5.74) is 14.8. The fourth-order valence-corrected chi connectivity index (χ4v) is 11.0. The Bertz CT molecular complexity index is 2240. The lowest BCUT2D eigenvalue weighted by Gasteiger charge is -2.42. The lowest BCUT2D eigenvalue weighted by Crippen LogP contribution is -2.29. The van der Waals surface area contributed by atoms with E-state index in [0.717, 1.165) is 17.8 Å². The molecule has 4 saturated carbocycles. The SMILES string of the molecule is CC1(C)c2ccccc2-c2c(-c3cccc4ccccc34)cc(N(c3ccc(C4CCCCC4)cc3)c3ccc(C4CC5CCC4CC5)cc3)cc21. The Morgan fingerprint density at radius 1 is 0.519 bits per heavy atom. The Balaban J connectivity index is 1.16. The number of hydrogen-bond donors (Lipinski definition) is 0. The molecule has 1 nitrogen and oxygen atoms in total. The van der Waals surface area contributed by atoms with E-state index < -0.39 is 0 Å². The Morgan fingerprint density at radius 3 is 1.90 bits per heavy atom. The van der Waals surface area contributed by atoms with E-state index >= 15 is 0 Å². The van der Waals surface area contributed by atoms with Crippen molar-refractivity contribution in [2.45, 2.75) is 95.3 Å². The van der Waals surface area contributed by atoms with Crippen LogP contribution in [0.4, 0.5) is 17.1 Å². The van der Waals surface area contributed by atoms with Gasteiger partial charge in [-0.15, -0.1) is 0 Å². The van der Waals surface area contributed by atoms with Gasteiger partial charge >= 0.3 is 0 Å². The number of nitrogens with zero attached hydrogens (tertiary/aromatic N) is 1. The lowest BCUT2D eigenvalue weighted by atomic mass is 9.63. The quantitative estimate of drug-likeness (QED) is 0.170. The van der Waals surface area contributed by atoms with Gasteiger partial charge in [0.1, 0.15) is 0 Å². The standard InChI is InChI=1S/C51H51N/c1-51(2)48-18-9-8-16-45(48)50-47(44-17-10-14-37-13-6-7-15-43(37)44)32-42(33-49(50)51)52(40-27-23-36(24-28-40)35-11-4-3-5-12-35)41-29-25-39(26-30-41)46-31-34-19-21-38(46)22-20-34/h6-10,13-18,23-30,32-35,38,46H,3-5,11-12,19-22,31H2,1-2H3. The summed E-state index contributed by atoms with van der Waals surface area (Å²) >= 11 is 0. The average Bonchev–Trinajstić information content (AvgIpc) is 3.44. The van der Waals surface area contributed by atoms with E-state index in [1.54, 1.807) is 5.56 Å². The monoisotopic (exact) mass is 677 g/mol. The van der Waals surface area contributed by atoms with Gasteiger partial charge in [-0.3, -0.25) is 0 Å². The van der Waals surface area contributed by atoms with E-state index in [-0.39, 0.29) is 5.41 Å². The number of hydrogen-bond acceptors (Lipinski definition) is 1. The molecule has 0 radical (unpaired) electrons. The molecular weight excluding hydrogens is 627 g/mol. The highest BCUT2D eigenvalue weighted by atomic mass is 15.1. The van der Waals surface area contributed by atoms with Gasteiger partial charge in [-0.1, -0.05) is 137 Å². The van der Waals surface area contributed by atoms with Gasteiger partial charge in [-0.05, 0) is 147 Å². The molecule has 11 rings (SSSR count). The van der Waals surface area contributed by atoms with Crippen LogP contribution in [0.3, 0.4) is 0 Å². The number of anilines is 3. The predicted molar refractivity (Wildman–Crippen MR) is 220 cm³/mol. The van der Waals surface area contributed by atoms with Gasteiger partial charge in [0.2, 0.25) is 0 Å². The van der Waals surface area contributed by atoms with Gasteiger partial charge in [0.15, 0.2) is 0 Å². The summed E-state index contributed by atoms with van der Waals surface area (Å²) in [5, 5.41) is 2.59. The normalized spacial score (nSPS) is 21.9. The van der Waals surface area contributed by atoms with Crippen LogP contribution in [0.15, 0.2) is 127 Å². The second kappa shape index (κ2) is 12.8. The van der Waals surface area contributed by atoms with Crippen LogP contribution in [0, 0.1) is 11.8 Å². The van der Waals surface area contributed by atoms with Crippen LogP contribution in [-0.4, -0.2) is 0 Å². The maximum atomic E-state index is 2.55. The molecule has 260 valence electrons. The zero-order chi connectivity index (χ0) is 34.8. The zero-order valence-corrected chi connectivity index (χ0v) is 31.0. The first-order chi connectivity index (χ1) is 25.5. The molecule has 1 heteroatoms. The third-order valence-corrected chi connectivity index (χ3v) is 13.9. The van der Waals surface area contributed by atoms with Crippen molar-refractivity contribution in [2.24, 2.45) is 11.8 Å². The molecule has 52 heavy (non-hydrogen) atoms. The van der Waals surface area contributed by atoms with Crippen molar-refractivity contribution in [1.82, 2.24) is 0 Å². The highest BCUT2D eigenvalue weighted by Crippen LogP contribution is 2.55. The van der Waals surface area contributed by atoms with Crippen molar-refractivity contribution in [3.63, 3.8) is 0 Å². The Kier molecular flexibility index (Phi) is 7.89. The highest BCUT2D eigenvalue weighted by Gasteiger charge is 2.39. The minimum Gasteiger partial charge on any atom is -0.310 e. The number of rotatable bonds is 6. The summed E-state index contributed by atoms with van der Waals surface area (Å²) in [6.45, 7) is 4.84. The molecule has 0 aromatic heterocycles. The van der Waals surface area contributed by atoms with Crippen molar-refractivity contribution in [1.29, 1.82) is 0 Å². The third kappa shape index (κ3) is 5.34. The fraction of sp³-hybridized carbons (Fsp3) is 0.333. The molecular formula is C51H51N. The predicted octanol–water partition coefficient (Wildman–Crippen LogP) is 14.6. The maximum absolute atomic E-state index is 2.55. The average molecular weight is 678 g/mol. The van der Waals surface area contributed by atoms with Crippen LogP contribution in [0.5, 0.6) is 0 Å². The zero-order valence-electron chi connectivity index (χ0n) is 31.0. The van der Waals surface area contributed by atoms with Gasteiger partial charge in [0.25, 0.3) is 0 Å². The number of benzene rings is 6. The minimum atomic E-state index is -0.123. The van der Waals surface area contributed by atoms with Gasteiger partial charge in [0, 0.05) is 22.5 Å². The summed E-state index contributed by atoms with van der Waals surface area (Å²) in [6.07, 6.45) is 13.9. The maximum Gasteiger partial charge on any atom is 0.0471 e. The Morgan fingerprint density at radius 2 is 1.17 bits per heavy atom. The molecule has 5 aliphatic rings. The van der Waals surface area contributed by atoms with Crippen LogP contribution < -0.4 is 4.90 Å². The summed E-state index contributed by atoms with van der Waals surface area (Å²) in [5.74, 6) is 3.21. The topological polar surface area (TPSA) is 3.24 Å². The molecule has 0 amide bonds. The van der Waals surface area contributed by atoms with Crippen LogP contribution in [0.2, 0.25) is 0 Å². The molecule has 0 spiro atoms. The second-order valence-corrected chi connectivity index (χ2v) is 17.1. The van der Waals surface area contributed by atoms with E-state index in [1.165, 1.54) is 131 Å². The molecule has 4 fully saturated rings. The number of fused-ring (bicyclic) bond motifs is 7. The molecule has 0 aliphatic heterocycles. The molecule has 6 aromatic carbocycles. The first-order valence-corrected chi connectivity index (χ1v) is 20.3. The molecule has 0 N–H and O–H groups in total. The van der Waals surface area contributed by atoms with E-state index in [9.17, 15) is 0 Å². The van der Waals surface area contributed by atoms with Crippen molar-refractivity contribution in [3.8, 4) is 22.3 Å². The summed E-state index contributed by atoms with van der Waals surface area (Å²) in [4.78, 5) is 2.55. The van der Waals surface area contributed by atoms with E-state index in [4.69, 9.17) is 0 Å². The van der Waals surface area contributed by atoms with Crippen LogP contribution in [-0.2, 0) is 5.41 Å². The van der Waals surface area contributed by atoms with E-state index in [0.29, 0.717) is 5.92 Å². The third-order valence-electron chi connectivity index (χ3n) is 13.9. The van der Waals surface area contributed by atoms with Crippen molar-refractivity contribution in [3.05, 3.63) is 150 Å². The summed E-state index contributed by atoms with van der Waals surface area (Å²) < 4.78 is 0. The molecule has 5 aliphatic carbocycles. The first kappa shape index (κ1) is 32.1. The van der Waals surface area contributed by atoms with Gasteiger partial charge in [-0.25, -0.2) is 0 Å². The first-order valence-electron chi connectivity index (χ1n) is 20.3. The highest BCUT2D eigenvalue weighted by molar-refractivity contribution is 6.04. The molecule has 0 heterocycles. The van der Waals surface area contributed by atoms with Crippen molar-refractivity contribution >= 4 is 27.8 Å². The smallest absolute Gasteiger partial charge is 0.0471 e. The van der Waals surface area contributed by atoms with Gasteiger partial charge in [0.05, 0.1) is 0 Å². The molecule has 0 saturated heterocycles. The minimum absolute atomic E-state index is 0.123. The van der Waals surface area contributed by atoms with Crippen molar-refractivity contribution in [2.75, 3.05) is 4.90 Å². The molecule has 1 atom stereocenters. The van der Waals surface area contributed by atoms with Crippen molar-refractivity contribution < 1.29 is 0 Å². The second-order valence-electron chi connectivity index (χ2n) is 17.1. The van der Waals surface area contributed by atoms with Gasteiger partial charge < -0.3 is 4.90 Å². The summed E-state index contributed by atoms with van der Waals surface area (Å²) in [6, 6.07) is 49.3. The van der Waals surface area contributed by atoms with E-state index in [1.807, 2.05) is 0 Å². The van der Waals surface area contributed by atoms with Gasteiger partial charge in [-0.2, -0.15) is 0 Å². The fourth-order valence-electron chi connectivity index (χ4n) is 11.0. The van der Waals surface area contributed by atoms with Crippen LogP contribution in [0.25, 0.3) is 33.0 Å². The summed E-state index contributed by atoms with van der Waals surface area (Å²) in [7, 11) is 0. The molecule has 2 bridgehead atoms.